The summed E-state index contributed by atoms with van der Waals surface area (Å²) in [6, 6.07) is 6.87. The van der Waals surface area contributed by atoms with Crippen LogP contribution in [0, 0.1) is 0 Å². The van der Waals surface area contributed by atoms with Crippen LogP contribution in [-0.4, -0.2) is 73.5 Å². The SMILES string of the molecule is COCCOC(=O)C1=C(C)N=C2SC=C(CC(=O)N3CCOCC3)N2C1c1cccc(Cl)c1. The number of fused-ring (bicyclic) bond motifs is 1. The van der Waals surface area contributed by atoms with E-state index in [0.29, 0.717) is 49.2 Å². The number of hydrogen-bond acceptors (Lipinski definition) is 8. The monoisotopic (exact) mass is 491 g/mol. The number of esters is 1. The number of allylic oxidation sites excluding steroid dienone is 1. The van der Waals surface area contributed by atoms with Crippen LogP contribution in [0.1, 0.15) is 24.9 Å². The first kappa shape index (κ1) is 23.8. The van der Waals surface area contributed by atoms with Crippen molar-refractivity contribution < 1.29 is 23.8 Å². The zero-order chi connectivity index (χ0) is 23.4. The van der Waals surface area contributed by atoms with Crippen molar-refractivity contribution in [3.8, 4) is 0 Å². The summed E-state index contributed by atoms with van der Waals surface area (Å²) in [7, 11) is 1.55. The lowest BCUT2D eigenvalue weighted by Crippen LogP contribution is -2.42. The fourth-order valence-electron chi connectivity index (χ4n) is 4.00. The molecule has 0 bridgehead atoms. The fourth-order valence-corrected chi connectivity index (χ4v) is 5.16. The van der Waals surface area contributed by atoms with E-state index in [4.69, 9.17) is 25.8 Å². The van der Waals surface area contributed by atoms with Gasteiger partial charge in [-0.2, -0.15) is 0 Å². The maximum Gasteiger partial charge on any atom is 0.338 e. The van der Waals surface area contributed by atoms with Gasteiger partial charge in [0.25, 0.3) is 0 Å². The summed E-state index contributed by atoms with van der Waals surface area (Å²) in [5.41, 5.74) is 2.61. The second kappa shape index (κ2) is 10.7. The first-order valence-electron chi connectivity index (χ1n) is 10.7. The van der Waals surface area contributed by atoms with Gasteiger partial charge in [0.1, 0.15) is 6.61 Å². The van der Waals surface area contributed by atoms with Crippen molar-refractivity contribution in [2.75, 3.05) is 46.6 Å². The molecule has 0 spiro atoms. The molecule has 33 heavy (non-hydrogen) atoms. The Hall–Kier alpha value is -2.33. The average Bonchev–Trinajstić information content (AvgIpc) is 3.20. The van der Waals surface area contributed by atoms with E-state index in [1.165, 1.54) is 11.8 Å². The maximum atomic E-state index is 13.1. The number of ether oxygens (including phenoxy) is 3. The molecular weight excluding hydrogens is 466 g/mol. The second-order valence-corrected chi connectivity index (χ2v) is 9.02. The molecule has 0 radical (unpaired) electrons. The minimum Gasteiger partial charge on any atom is -0.460 e. The van der Waals surface area contributed by atoms with Crippen molar-refractivity contribution in [2.45, 2.75) is 19.4 Å². The molecule has 0 N–H and O–H groups in total. The Balaban J connectivity index is 1.66. The Morgan fingerprint density at radius 3 is 2.79 bits per heavy atom. The molecule has 1 aromatic carbocycles. The first-order valence-corrected chi connectivity index (χ1v) is 12.0. The number of methoxy groups -OCH3 is 1. The number of carbonyl (C=O) groups is 2. The topological polar surface area (TPSA) is 80.7 Å². The molecule has 4 rings (SSSR count). The molecule has 3 heterocycles. The van der Waals surface area contributed by atoms with Gasteiger partial charge in [0.2, 0.25) is 5.91 Å². The van der Waals surface area contributed by atoms with E-state index in [2.05, 4.69) is 4.99 Å². The Morgan fingerprint density at radius 1 is 1.27 bits per heavy atom. The van der Waals surface area contributed by atoms with Crippen LogP contribution in [0.2, 0.25) is 5.02 Å². The molecule has 10 heteroatoms. The van der Waals surface area contributed by atoms with Crippen molar-refractivity contribution in [3.63, 3.8) is 0 Å². The molecule has 1 amide bonds. The maximum absolute atomic E-state index is 13.1. The molecule has 1 fully saturated rings. The Labute approximate surface area is 202 Å². The van der Waals surface area contributed by atoms with Crippen molar-refractivity contribution >= 4 is 40.4 Å². The van der Waals surface area contributed by atoms with E-state index >= 15 is 0 Å². The number of amides is 1. The highest BCUT2D eigenvalue weighted by Gasteiger charge is 2.41. The lowest BCUT2D eigenvalue weighted by Gasteiger charge is -2.37. The number of hydrogen-bond donors (Lipinski definition) is 0. The predicted molar refractivity (Wildman–Crippen MR) is 127 cm³/mol. The van der Waals surface area contributed by atoms with Gasteiger partial charge in [-0.3, -0.25) is 4.79 Å². The number of nitrogens with zero attached hydrogens (tertiary/aromatic N) is 3. The van der Waals surface area contributed by atoms with Gasteiger partial charge in [-0.1, -0.05) is 35.5 Å². The summed E-state index contributed by atoms with van der Waals surface area (Å²) >= 11 is 7.75. The molecule has 1 aromatic rings. The van der Waals surface area contributed by atoms with Crippen molar-refractivity contribution in [3.05, 3.63) is 57.2 Å². The van der Waals surface area contributed by atoms with E-state index < -0.39 is 12.0 Å². The predicted octanol–water partition coefficient (Wildman–Crippen LogP) is 3.35. The van der Waals surface area contributed by atoms with Crippen LogP contribution in [0.25, 0.3) is 0 Å². The summed E-state index contributed by atoms with van der Waals surface area (Å²) in [5.74, 6) is -0.445. The number of aliphatic imine (C=N–C) groups is 1. The Bertz CT molecular complexity index is 1020. The van der Waals surface area contributed by atoms with E-state index in [1.807, 2.05) is 33.4 Å². The number of benzene rings is 1. The number of carbonyl (C=O) groups excluding carboxylic acids is 2. The third-order valence-electron chi connectivity index (χ3n) is 5.60. The zero-order valence-corrected chi connectivity index (χ0v) is 20.2. The molecule has 1 unspecified atom stereocenters. The third-order valence-corrected chi connectivity index (χ3v) is 6.73. The van der Waals surface area contributed by atoms with E-state index in [-0.39, 0.29) is 18.9 Å². The second-order valence-electron chi connectivity index (χ2n) is 7.75. The number of morpholine rings is 1. The quantitative estimate of drug-likeness (QED) is 0.427. The summed E-state index contributed by atoms with van der Waals surface area (Å²) in [6.07, 6.45) is 0.203. The van der Waals surface area contributed by atoms with Gasteiger partial charge in [-0.05, 0) is 30.0 Å². The van der Waals surface area contributed by atoms with Crippen LogP contribution in [0.5, 0.6) is 0 Å². The minimum atomic E-state index is -0.509. The Kier molecular flexibility index (Phi) is 7.75. The molecule has 3 aliphatic heterocycles. The molecule has 8 nitrogen and oxygen atoms in total. The molecular formula is C23H26ClN3O5S. The standard InChI is InChI=1S/C23H26ClN3O5S/c1-15-20(22(29)32-11-10-30-2)21(16-4-3-5-17(24)12-16)27-18(14-33-23(27)25-15)13-19(28)26-6-8-31-9-7-26/h3-5,12,14,21H,6-11,13H2,1-2H3. The normalized spacial score (nSPS) is 20.4. The number of rotatable bonds is 7. The molecule has 1 atom stereocenters. The molecule has 0 saturated carbocycles. The summed E-state index contributed by atoms with van der Waals surface area (Å²) in [5, 5.41) is 3.21. The molecule has 3 aliphatic rings. The first-order chi connectivity index (χ1) is 16.0. The Morgan fingerprint density at radius 2 is 2.06 bits per heavy atom. The number of thioether (sulfide) groups is 1. The van der Waals surface area contributed by atoms with Gasteiger partial charge in [-0.25, -0.2) is 9.79 Å². The van der Waals surface area contributed by atoms with E-state index in [1.54, 1.807) is 20.1 Å². The van der Waals surface area contributed by atoms with Gasteiger partial charge in [0.05, 0.1) is 43.6 Å². The highest BCUT2D eigenvalue weighted by Crippen LogP contribution is 2.45. The van der Waals surface area contributed by atoms with Crippen molar-refractivity contribution in [1.29, 1.82) is 0 Å². The third kappa shape index (κ3) is 5.27. The van der Waals surface area contributed by atoms with Gasteiger partial charge >= 0.3 is 5.97 Å². The largest absolute Gasteiger partial charge is 0.460 e. The zero-order valence-electron chi connectivity index (χ0n) is 18.6. The van der Waals surface area contributed by atoms with Crippen LogP contribution in [-0.2, 0) is 23.8 Å². The minimum absolute atomic E-state index is 0.0201. The molecule has 1 saturated heterocycles. The van der Waals surface area contributed by atoms with Gasteiger partial charge in [-0.15, -0.1) is 0 Å². The summed E-state index contributed by atoms with van der Waals surface area (Å²) in [6.45, 7) is 4.47. The van der Waals surface area contributed by atoms with Crippen LogP contribution in [0.4, 0.5) is 0 Å². The summed E-state index contributed by atoms with van der Waals surface area (Å²) < 4.78 is 15.8. The molecule has 0 aliphatic carbocycles. The van der Waals surface area contributed by atoms with Gasteiger partial charge < -0.3 is 24.0 Å². The fraction of sp³-hybridized carbons (Fsp3) is 0.435. The van der Waals surface area contributed by atoms with Crippen LogP contribution in [0.3, 0.4) is 0 Å². The van der Waals surface area contributed by atoms with Gasteiger partial charge in [0.15, 0.2) is 5.17 Å². The van der Waals surface area contributed by atoms with E-state index in [9.17, 15) is 9.59 Å². The summed E-state index contributed by atoms with van der Waals surface area (Å²) in [4.78, 5) is 34.6. The lowest BCUT2D eigenvalue weighted by atomic mass is 9.94. The molecule has 176 valence electrons. The van der Waals surface area contributed by atoms with Crippen molar-refractivity contribution in [1.82, 2.24) is 9.80 Å². The van der Waals surface area contributed by atoms with Crippen LogP contribution in [0.15, 0.2) is 51.6 Å². The molecule has 0 aromatic heterocycles. The van der Waals surface area contributed by atoms with Gasteiger partial charge in [0, 0.05) is 30.9 Å². The van der Waals surface area contributed by atoms with E-state index in [0.717, 1.165) is 16.4 Å². The number of amidine groups is 1. The number of halogens is 1. The average molecular weight is 492 g/mol. The highest BCUT2D eigenvalue weighted by atomic mass is 35.5. The van der Waals surface area contributed by atoms with Crippen LogP contribution >= 0.6 is 23.4 Å². The van der Waals surface area contributed by atoms with Crippen molar-refractivity contribution in [2.24, 2.45) is 4.99 Å². The van der Waals surface area contributed by atoms with Crippen LogP contribution < -0.4 is 0 Å². The highest BCUT2D eigenvalue weighted by molar-refractivity contribution is 8.16. The lowest BCUT2D eigenvalue weighted by molar-refractivity contribution is -0.141. The smallest absolute Gasteiger partial charge is 0.338 e.